The minimum atomic E-state index is -0.543. The molecule has 1 heterocycles. The summed E-state index contributed by atoms with van der Waals surface area (Å²) in [4.78, 5) is 18.0. The number of thioether (sulfide) groups is 1. The van der Waals surface area contributed by atoms with Crippen LogP contribution in [0.2, 0.25) is 5.15 Å². The maximum absolute atomic E-state index is 11.0. The topological polar surface area (TPSA) is 81.0 Å². The molecule has 104 valence electrons. The van der Waals surface area contributed by atoms with Gasteiger partial charge in [0.05, 0.1) is 4.92 Å². The molecule has 0 unspecified atom stereocenters. The third kappa shape index (κ3) is 3.48. The van der Waals surface area contributed by atoms with Crippen molar-refractivity contribution in [3.63, 3.8) is 0 Å². The molecule has 1 saturated carbocycles. The zero-order valence-corrected chi connectivity index (χ0v) is 12.1. The van der Waals surface area contributed by atoms with Crippen LogP contribution in [0, 0.1) is 10.1 Å². The molecule has 1 N–H and O–H groups in total. The van der Waals surface area contributed by atoms with Crippen molar-refractivity contribution in [2.45, 2.75) is 37.0 Å². The lowest BCUT2D eigenvalue weighted by Gasteiger charge is -2.28. The van der Waals surface area contributed by atoms with Crippen LogP contribution in [0.4, 0.5) is 11.5 Å². The van der Waals surface area contributed by atoms with Gasteiger partial charge in [0.1, 0.15) is 6.33 Å². The highest BCUT2D eigenvalue weighted by Gasteiger charge is 2.26. The summed E-state index contributed by atoms with van der Waals surface area (Å²) in [5, 5.41) is 14.7. The van der Waals surface area contributed by atoms with E-state index in [4.69, 9.17) is 11.6 Å². The first-order valence-electron chi connectivity index (χ1n) is 6.06. The van der Waals surface area contributed by atoms with E-state index in [1.807, 2.05) is 11.8 Å². The molecule has 19 heavy (non-hydrogen) atoms. The summed E-state index contributed by atoms with van der Waals surface area (Å²) >= 11 is 7.63. The molecular weight excluding hydrogens is 288 g/mol. The molecule has 1 aliphatic carbocycles. The van der Waals surface area contributed by atoms with Crippen molar-refractivity contribution in [2.75, 3.05) is 11.6 Å². The van der Waals surface area contributed by atoms with Crippen LogP contribution >= 0.6 is 23.4 Å². The number of hydrogen-bond donors (Lipinski definition) is 1. The van der Waals surface area contributed by atoms with Gasteiger partial charge in [-0.15, -0.1) is 0 Å². The molecule has 0 saturated heterocycles. The largest absolute Gasteiger partial charge is 0.361 e. The summed E-state index contributed by atoms with van der Waals surface area (Å²) in [5.74, 6) is 0.220. The Bertz CT molecular complexity index is 466. The van der Waals surface area contributed by atoms with Crippen LogP contribution in [0.3, 0.4) is 0 Å². The Morgan fingerprint density at radius 1 is 1.42 bits per heavy atom. The van der Waals surface area contributed by atoms with Gasteiger partial charge in [0.15, 0.2) is 0 Å². The monoisotopic (exact) mass is 302 g/mol. The smallest absolute Gasteiger partial charge is 0.348 e. The first kappa shape index (κ1) is 14.3. The zero-order valence-electron chi connectivity index (χ0n) is 10.5. The van der Waals surface area contributed by atoms with E-state index in [1.165, 1.54) is 6.33 Å². The van der Waals surface area contributed by atoms with Gasteiger partial charge in [-0.1, -0.05) is 11.6 Å². The third-order valence-corrected chi connectivity index (χ3v) is 4.72. The summed E-state index contributed by atoms with van der Waals surface area (Å²) in [6.07, 6.45) is 7.57. The first-order chi connectivity index (χ1) is 9.11. The molecule has 8 heteroatoms. The SMILES string of the molecule is CSC1CCC(Nc2ncnc(Cl)c2[N+](=O)[O-])CC1. The van der Waals surface area contributed by atoms with E-state index in [2.05, 4.69) is 21.5 Å². The van der Waals surface area contributed by atoms with Crippen LogP contribution in [0.25, 0.3) is 0 Å². The van der Waals surface area contributed by atoms with Gasteiger partial charge < -0.3 is 5.32 Å². The van der Waals surface area contributed by atoms with Crippen molar-refractivity contribution in [3.05, 3.63) is 21.6 Å². The summed E-state index contributed by atoms with van der Waals surface area (Å²) in [5.41, 5.74) is -0.240. The maximum atomic E-state index is 11.0. The van der Waals surface area contributed by atoms with Gasteiger partial charge >= 0.3 is 5.69 Å². The van der Waals surface area contributed by atoms with Crippen LogP contribution in [-0.2, 0) is 0 Å². The lowest BCUT2D eigenvalue weighted by molar-refractivity contribution is -0.384. The van der Waals surface area contributed by atoms with Crippen LogP contribution in [0.1, 0.15) is 25.7 Å². The normalized spacial score (nSPS) is 23.1. The maximum Gasteiger partial charge on any atom is 0.348 e. The van der Waals surface area contributed by atoms with Gasteiger partial charge in [-0.3, -0.25) is 10.1 Å². The second kappa shape index (κ2) is 6.38. The Labute approximate surface area is 120 Å². The summed E-state index contributed by atoms with van der Waals surface area (Å²) in [7, 11) is 0. The first-order valence-corrected chi connectivity index (χ1v) is 7.72. The minimum absolute atomic E-state index is 0.125. The Hall–Kier alpha value is -1.08. The van der Waals surface area contributed by atoms with E-state index < -0.39 is 4.92 Å². The average Bonchev–Trinajstić information content (AvgIpc) is 2.39. The number of rotatable bonds is 4. The van der Waals surface area contributed by atoms with Crippen molar-refractivity contribution in [3.8, 4) is 0 Å². The van der Waals surface area contributed by atoms with Crippen LogP contribution in [-0.4, -0.2) is 32.4 Å². The van der Waals surface area contributed by atoms with E-state index in [0.29, 0.717) is 5.25 Å². The van der Waals surface area contributed by atoms with Crippen molar-refractivity contribution in [2.24, 2.45) is 0 Å². The number of nitrogens with one attached hydrogen (secondary N) is 1. The Kier molecular flexibility index (Phi) is 4.81. The van der Waals surface area contributed by atoms with Crippen LogP contribution in [0.15, 0.2) is 6.33 Å². The molecule has 2 rings (SSSR count). The predicted molar refractivity (Wildman–Crippen MR) is 76.9 cm³/mol. The molecule has 0 aliphatic heterocycles. The average molecular weight is 303 g/mol. The fourth-order valence-electron chi connectivity index (χ4n) is 2.26. The number of nitro groups is 1. The minimum Gasteiger partial charge on any atom is -0.361 e. The van der Waals surface area contributed by atoms with E-state index >= 15 is 0 Å². The molecular formula is C11H15ClN4O2S. The second-order valence-corrected chi connectivity index (χ2v) is 5.97. The molecule has 0 spiro atoms. The zero-order chi connectivity index (χ0) is 13.8. The van der Waals surface area contributed by atoms with Crippen molar-refractivity contribution >= 4 is 34.9 Å². The Morgan fingerprint density at radius 3 is 2.68 bits per heavy atom. The summed E-state index contributed by atoms with van der Waals surface area (Å²) in [6.45, 7) is 0. The van der Waals surface area contributed by atoms with Crippen LogP contribution < -0.4 is 5.32 Å². The van der Waals surface area contributed by atoms with Gasteiger partial charge in [0.2, 0.25) is 11.0 Å². The molecule has 6 nitrogen and oxygen atoms in total. The lowest BCUT2D eigenvalue weighted by atomic mass is 9.95. The lowest BCUT2D eigenvalue weighted by Crippen LogP contribution is -2.27. The van der Waals surface area contributed by atoms with Gasteiger partial charge in [-0.2, -0.15) is 11.8 Å². The van der Waals surface area contributed by atoms with Gasteiger partial charge in [0, 0.05) is 11.3 Å². The second-order valence-electron chi connectivity index (χ2n) is 4.47. The van der Waals surface area contributed by atoms with E-state index in [9.17, 15) is 10.1 Å². The van der Waals surface area contributed by atoms with Gasteiger partial charge in [0.25, 0.3) is 0 Å². The fraction of sp³-hybridized carbons (Fsp3) is 0.636. The van der Waals surface area contributed by atoms with Crippen molar-refractivity contribution in [1.82, 2.24) is 9.97 Å². The molecule has 1 fully saturated rings. The number of nitrogens with zero attached hydrogens (tertiary/aromatic N) is 3. The van der Waals surface area contributed by atoms with E-state index in [0.717, 1.165) is 25.7 Å². The predicted octanol–water partition coefficient (Wildman–Crippen LogP) is 3.12. The van der Waals surface area contributed by atoms with Gasteiger partial charge in [-0.25, -0.2) is 9.97 Å². The summed E-state index contributed by atoms with van der Waals surface area (Å²) in [6, 6.07) is 0.216. The highest BCUT2D eigenvalue weighted by atomic mass is 35.5. The van der Waals surface area contributed by atoms with E-state index in [1.54, 1.807) is 0 Å². The van der Waals surface area contributed by atoms with E-state index in [-0.39, 0.29) is 22.7 Å². The molecule has 1 aromatic heterocycles. The van der Waals surface area contributed by atoms with Crippen LogP contribution in [0.5, 0.6) is 0 Å². The highest BCUT2D eigenvalue weighted by Crippen LogP contribution is 2.32. The number of aromatic nitrogens is 2. The quantitative estimate of drug-likeness (QED) is 0.523. The molecule has 0 bridgehead atoms. The molecule has 0 atom stereocenters. The fourth-order valence-corrected chi connectivity index (χ4v) is 3.21. The highest BCUT2D eigenvalue weighted by molar-refractivity contribution is 7.99. The number of halogens is 1. The number of hydrogen-bond acceptors (Lipinski definition) is 6. The molecule has 0 aromatic carbocycles. The standard InChI is InChI=1S/C11H15ClN4O2S/c1-19-8-4-2-7(3-5-8)15-11-9(16(17)18)10(12)13-6-14-11/h6-8H,2-5H2,1H3,(H,13,14,15). The molecule has 0 radical (unpaired) electrons. The number of anilines is 1. The molecule has 1 aromatic rings. The molecule has 0 amide bonds. The van der Waals surface area contributed by atoms with Crippen molar-refractivity contribution in [1.29, 1.82) is 0 Å². The van der Waals surface area contributed by atoms with Gasteiger partial charge in [-0.05, 0) is 31.9 Å². The Morgan fingerprint density at radius 2 is 2.11 bits per heavy atom. The third-order valence-electron chi connectivity index (χ3n) is 3.31. The molecule has 1 aliphatic rings. The van der Waals surface area contributed by atoms with Crippen molar-refractivity contribution < 1.29 is 4.92 Å². The Balaban J connectivity index is 2.08. The summed E-state index contributed by atoms with van der Waals surface area (Å²) < 4.78 is 0.